The van der Waals surface area contributed by atoms with Gasteiger partial charge in [-0.2, -0.15) is 0 Å². The number of esters is 1. The number of β-amino-alcohol motifs (C(OH)–C–C–N with tert-alkyl or cyclic N) is 1. The summed E-state index contributed by atoms with van der Waals surface area (Å²) in [5.41, 5.74) is 0.972. The first-order valence-corrected chi connectivity index (χ1v) is 9.60. The number of methoxy groups -OCH3 is 1. The molecule has 0 aliphatic carbocycles. The Labute approximate surface area is 168 Å². The molecule has 0 unspecified atom stereocenters. The molecule has 1 N–H and O–H groups in total. The molecule has 2 heterocycles. The van der Waals surface area contributed by atoms with Crippen LogP contribution >= 0.6 is 0 Å². The molecule has 2 atom stereocenters. The number of aliphatic hydroxyl groups is 1. The highest BCUT2D eigenvalue weighted by molar-refractivity contribution is 5.95. The van der Waals surface area contributed by atoms with E-state index in [4.69, 9.17) is 4.42 Å². The Bertz CT molecular complexity index is 936. The van der Waals surface area contributed by atoms with Crippen LogP contribution < -0.4 is 5.63 Å². The molecule has 3 rings (SSSR count). The minimum Gasteiger partial charge on any atom is -0.469 e. The van der Waals surface area contributed by atoms with E-state index in [0.717, 1.165) is 12.0 Å². The summed E-state index contributed by atoms with van der Waals surface area (Å²) in [6.45, 7) is 1.95. The molecule has 1 aromatic heterocycles. The molecule has 1 aliphatic heterocycles. The smallest absolute Gasteiger partial charge is 0.349 e. The van der Waals surface area contributed by atoms with Crippen molar-refractivity contribution in [1.82, 2.24) is 4.90 Å². The third-order valence-corrected chi connectivity index (χ3v) is 5.27. The quantitative estimate of drug-likeness (QED) is 0.743. The van der Waals surface area contributed by atoms with E-state index in [2.05, 4.69) is 4.74 Å². The van der Waals surface area contributed by atoms with Gasteiger partial charge in [0.05, 0.1) is 19.6 Å². The number of benzene rings is 1. The van der Waals surface area contributed by atoms with Crippen molar-refractivity contribution in [1.29, 1.82) is 0 Å². The summed E-state index contributed by atoms with van der Waals surface area (Å²) >= 11 is 0. The fraction of sp³-hybridized carbons (Fsp3) is 0.409. The number of aliphatic hydroxyl groups excluding tert-OH is 1. The average Bonchev–Trinajstić information content (AvgIpc) is 3.07. The van der Waals surface area contributed by atoms with Crippen molar-refractivity contribution in [3.63, 3.8) is 0 Å². The SMILES string of the molecule is COC(=O)C[C@@H]1CN(C(=O)c2c(C)cc(CCc3ccccc3)oc2=O)C[C@H]1O. The lowest BCUT2D eigenvalue weighted by molar-refractivity contribution is -0.142. The van der Waals surface area contributed by atoms with Crippen molar-refractivity contribution < 1.29 is 23.8 Å². The van der Waals surface area contributed by atoms with E-state index < -0.39 is 29.5 Å². The highest BCUT2D eigenvalue weighted by Crippen LogP contribution is 2.23. The fourth-order valence-corrected chi connectivity index (χ4v) is 3.64. The predicted molar refractivity (Wildman–Crippen MR) is 106 cm³/mol. The van der Waals surface area contributed by atoms with E-state index >= 15 is 0 Å². The van der Waals surface area contributed by atoms with Gasteiger partial charge in [-0.1, -0.05) is 30.3 Å². The molecule has 1 saturated heterocycles. The zero-order chi connectivity index (χ0) is 21.0. The maximum atomic E-state index is 12.9. The largest absolute Gasteiger partial charge is 0.469 e. The van der Waals surface area contributed by atoms with Crippen LogP contribution in [-0.2, 0) is 22.4 Å². The number of ether oxygens (including phenoxy) is 1. The van der Waals surface area contributed by atoms with Gasteiger partial charge in [0.25, 0.3) is 5.91 Å². The number of carbonyl (C=O) groups excluding carboxylic acids is 2. The fourth-order valence-electron chi connectivity index (χ4n) is 3.64. The highest BCUT2D eigenvalue weighted by atomic mass is 16.5. The number of amides is 1. The second-order valence-electron chi connectivity index (χ2n) is 7.36. The van der Waals surface area contributed by atoms with E-state index in [0.29, 0.717) is 17.7 Å². The molecular formula is C22H25NO6. The molecule has 1 amide bonds. The Balaban J connectivity index is 1.71. The molecule has 1 aromatic carbocycles. The van der Waals surface area contributed by atoms with Gasteiger partial charge in [0, 0.05) is 25.4 Å². The molecule has 1 fully saturated rings. The average molecular weight is 399 g/mol. The van der Waals surface area contributed by atoms with E-state index in [1.807, 2.05) is 30.3 Å². The summed E-state index contributed by atoms with van der Waals surface area (Å²) < 4.78 is 10.0. The lowest BCUT2D eigenvalue weighted by Crippen LogP contribution is -2.34. The van der Waals surface area contributed by atoms with Gasteiger partial charge in [-0.05, 0) is 30.5 Å². The van der Waals surface area contributed by atoms with Crippen LogP contribution in [0.2, 0.25) is 0 Å². The van der Waals surface area contributed by atoms with Gasteiger partial charge >= 0.3 is 11.6 Å². The number of likely N-dealkylation sites (tertiary alicyclic amines) is 1. The Morgan fingerprint density at radius 1 is 1.21 bits per heavy atom. The second kappa shape index (κ2) is 9.05. The number of nitrogens with zero attached hydrogens (tertiary/aromatic N) is 1. The number of hydrogen-bond acceptors (Lipinski definition) is 6. The van der Waals surface area contributed by atoms with Crippen LogP contribution in [0.5, 0.6) is 0 Å². The zero-order valence-corrected chi connectivity index (χ0v) is 16.6. The standard InChI is InChI=1S/C22H25NO6/c1-14-10-17(9-8-15-6-4-3-5-7-15)29-22(27)20(14)21(26)23-12-16(18(24)13-23)11-19(25)28-2/h3-7,10,16,18,24H,8-9,11-13H2,1-2H3/t16-,18-/m1/s1. The molecule has 1 aliphatic rings. The Morgan fingerprint density at radius 2 is 1.93 bits per heavy atom. The molecule has 2 aromatic rings. The first-order chi connectivity index (χ1) is 13.9. The summed E-state index contributed by atoms with van der Waals surface area (Å²) in [5.74, 6) is -0.819. The van der Waals surface area contributed by atoms with E-state index in [1.54, 1.807) is 13.0 Å². The predicted octanol–water partition coefficient (Wildman–Crippen LogP) is 1.73. The van der Waals surface area contributed by atoms with Gasteiger partial charge in [-0.15, -0.1) is 0 Å². The first kappa shape index (κ1) is 20.8. The maximum Gasteiger partial charge on any atom is 0.349 e. The van der Waals surface area contributed by atoms with Crippen LogP contribution in [0.25, 0.3) is 0 Å². The summed E-state index contributed by atoms with van der Waals surface area (Å²) in [5, 5.41) is 10.2. The third kappa shape index (κ3) is 4.92. The topological polar surface area (TPSA) is 97.0 Å². The normalized spacial score (nSPS) is 18.7. The lowest BCUT2D eigenvalue weighted by atomic mass is 10.0. The minimum atomic E-state index is -0.837. The summed E-state index contributed by atoms with van der Waals surface area (Å²) in [6.07, 6.45) is 0.464. The third-order valence-electron chi connectivity index (χ3n) is 5.27. The molecule has 29 heavy (non-hydrogen) atoms. The highest BCUT2D eigenvalue weighted by Gasteiger charge is 2.37. The van der Waals surface area contributed by atoms with Crippen LogP contribution in [0.1, 0.15) is 33.7 Å². The van der Waals surface area contributed by atoms with E-state index in [-0.39, 0.29) is 25.1 Å². The molecule has 0 spiro atoms. The summed E-state index contributed by atoms with van der Waals surface area (Å²) in [7, 11) is 1.28. The number of aryl methyl sites for hydroxylation is 3. The van der Waals surface area contributed by atoms with Crippen molar-refractivity contribution in [3.8, 4) is 0 Å². The molecule has 0 saturated carbocycles. The molecular weight excluding hydrogens is 374 g/mol. The van der Waals surface area contributed by atoms with E-state index in [1.165, 1.54) is 12.0 Å². The summed E-state index contributed by atoms with van der Waals surface area (Å²) in [4.78, 5) is 38.2. The van der Waals surface area contributed by atoms with Crippen LogP contribution in [0.4, 0.5) is 0 Å². The summed E-state index contributed by atoms with van der Waals surface area (Å²) in [6, 6.07) is 11.6. The van der Waals surface area contributed by atoms with Gasteiger partial charge in [0.15, 0.2) is 0 Å². The maximum absolute atomic E-state index is 12.9. The van der Waals surface area contributed by atoms with Crippen LogP contribution in [-0.4, -0.2) is 48.2 Å². The van der Waals surface area contributed by atoms with Crippen molar-refractivity contribution in [3.05, 3.63) is 69.3 Å². The van der Waals surface area contributed by atoms with Gasteiger partial charge in [-0.3, -0.25) is 9.59 Å². The van der Waals surface area contributed by atoms with Crippen molar-refractivity contribution in [2.75, 3.05) is 20.2 Å². The molecule has 0 bridgehead atoms. The van der Waals surface area contributed by atoms with Crippen LogP contribution in [0.15, 0.2) is 45.6 Å². The van der Waals surface area contributed by atoms with E-state index in [9.17, 15) is 19.5 Å². The van der Waals surface area contributed by atoms with Gasteiger partial charge < -0.3 is 19.2 Å². The lowest BCUT2D eigenvalue weighted by Gasteiger charge is -2.16. The first-order valence-electron chi connectivity index (χ1n) is 9.60. The molecule has 0 radical (unpaired) electrons. The monoisotopic (exact) mass is 399 g/mol. The van der Waals surface area contributed by atoms with Crippen molar-refractivity contribution >= 4 is 11.9 Å². The van der Waals surface area contributed by atoms with Gasteiger partial charge in [-0.25, -0.2) is 4.79 Å². The second-order valence-corrected chi connectivity index (χ2v) is 7.36. The molecule has 7 nitrogen and oxygen atoms in total. The molecule has 7 heteroatoms. The molecule has 154 valence electrons. The van der Waals surface area contributed by atoms with Crippen molar-refractivity contribution in [2.24, 2.45) is 5.92 Å². The number of carbonyl (C=O) groups is 2. The van der Waals surface area contributed by atoms with Gasteiger partial charge in [0.2, 0.25) is 0 Å². The van der Waals surface area contributed by atoms with Crippen LogP contribution in [0.3, 0.4) is 0 Å². The Hall–Kier alpha value is -2.93. The van der Waals surface area contributed by atoms with Crippen molar-refractivity contribution in [2.45, 2.75) is 32.3 Å². The minimum absolute atomic E-state index is 0.0213. The number of hydrogen-bond donors (Lipinski definition) is 1. The number of rotatable bonds is 6. The Morgan fingerprint density at radius 3 is 2.59 bits per heavy atom. The zero-order valence-electron chi connectivity index (χ0n) is 16.6. The Kier molecular flexibility index (Phi) is 6.49. The van der Waals surface area contributed by atoms with Gasteiger partial charge in [0.1, 0.15) is 11.3 Å². The van der Waals surface area contributed by atoms with Crippen LogP contribution in [0, 0.1) is 12.8 Å².